The summed E-state index contributed by atoms with van der Waals surface area (Å²) in [5, 5.41) is 8.73. The van der Waals surface area contributed by atoms with E-state index in [1.165, 1.54) is 4.57 Å². The van der Waals surface area contributed by atoms with Crippen molar-refractivity contribution in [2.24, 2.45) is 0 Å². The van der Waals surface area contributed by atoms with Gasteiger partial charge in [-0.25, -0.2) is 23.9 Å². The van der Waals surface area contributed by atoms with E-state index in [-0.39, 0.29) is 19.2 Å². The van der Waals surface area contributed by atoms with Crippen molar-refractivity contribution >= 4 is 46.7 Å². The van der Waals surface area contributed by atoms with E-state index in [2.05, 4.69) is 20.9 Å². The highest BCUT2D eigenvalue weighted by atomic mass is 16.6. The number of nitrogens with zero attached hydrogens (tertiary/aromatic N) is 3. The molecule has 1 aliphatic heterocycles. The number of anilines is 2. The molecule has 1 saturated heterocycles. The number of fused-ring (bicyclic) bond motifs is 1. The fourth-order valence-electron chi connectivity index (χ4n) is 5.67. The Morgan fingerprint density at radius 2 is 1.46 bits per heavy atom. The molecule has 13 nitrogen and oxygen atoms in total. The van der Waals surface area contributed by atoms with E-state index >= 15 is 0 Å². The Morgan fingerprint density at radius 1 is 0.827 bits per heavy atom. The Labute approximate surface area is 304 Å². The first-order valence-corrected chi connectivity index (χ1v) is 17.5. The third-order valence-electron chi connectivity index (χ3n) is 8.12. The summed E-state index contributed by atoms with van der Waals surface area (Å²) in [5.41, 5.74) is 2.09. The molecular formula is C39H48N6O7. The molecule has 3 aromatic carbocycles. The molecule has 0 aliphatic carbocycles. The van der Waals surface area contributed by atoms with E-state index in [0.29, 0.717) is 22.5 Å². The number of aromatic nitrogens is 2. The third kappa shape index (κ3) is 10.5. The Kier molecular flexibility index (Phi) is 11.7. The number of alkyl carbamates (subject to hydrolysis) is 1. The summed E-state index contributed by atoms with van der Waals surface area (Å²) in [6.07, 6.45) is 0.307. The molecule has 4 aromatic rings. The van der Waals surface area contributed by atoms with Gasteiger partial charge in [0, 0.05) is 36.9 Å². The predicted octanol–water partition coefficient (Wildman–Crippen LogP) is 6.27. The second-order valence-electron chi connectivity index (χ2n) is 14.7. The first kappa shape index (κ1) is 37.7. The van der Waals surface area contributed by atoms with Gasteiger partial charge in [-0.3, -0.25) is 4.79 Å². The van der Waals surface area contributed by atoms with Gasteiger partial charge >= 0.3 is 18.2 Å². The number of esters is 1. The molecule has 2 heterocycles. The maximum atomic E-state index is 13.2. The Hall–Kier alpha value is -5.59. The summed E-state index contributed by atoms with van der Waals surface area (Å²) in [5.74, 6) is -0.646. The number of rotatable bonds is 10. The number of carbonyl (C=O) groups is 4. The summed E-state index contributed by atoms with van der Waals surface area (Å²) in [6.45, 7) is 12.0. The van der Waals surface area contributed by atoms with E-state index in [1.807, 2.05) is 87.5 Å². The maximum Gasteiger partial charge on any atom is 0.421 e. The highest BCUT2D eigenvalue weighted by Gasteiger charge is 2.29. The van der Waals surface area contributed by atoms with Crippen LogP contribution in [0.4, 0.5) is 21.2 Å². The van der Waals surface area contributed by atoms with Crippen LogP contribution >= 0.6 is 0 Å². The summed E-state index contributed by atoms with van der Waals surface area (Å²) >= 11 is 0. The van der Waals surface area contributed by atoms with Crippen LogP contribution in [-0.4, -0.2) is 76.5 Å². The van der Waals surface area contributed by atoms with Crippen molar-refractivity contribution in [2.45, 2.75) is 84.3 Å². The molecule has 0 radical (unpaired) electrons. The van der Waals surface area contributed by atoms with Crippen molar-refractivity contribution in [1.82, 2.24) is 20.2 Å². The van der Waals surface area contributed by atoms with Crippen molar-refractivity contribution < 1.29 is 33.4 Å². The van der Waals surface area contributed by atoms with Gasteiger partial charge in [-0.05, 0) is 96.3 Å². The molecule has 276 valence electrons. The van der Waals surface area contributed by atoms with Gasteiger partial charge in [0.1, 0.15) is 23.9 Å². The molecule has 52 heavy (non-hydrogen) atoms. The molecule has 1 fully saturated rings. The van der Waals surface area contributed by atoms with Crippen molar-refractivity contribution in [2.75, 3.05) is 29.9 Å². The molecule has 13 heteroatoms. The van der Waals surface area contributed by atoms with Crippen LogP contribution in [0.15, 0.2) is 78.9 Å². The SMILES string of the molecule is CC(C)(C)OC(=O)[C@H](CNC(=O)c1ccc(N2CCC(Nc3nc4ccccc4n3C(=O)OC(C)(C)C)CC2)cc1)NC(=O)OCc1ccccc1. The second-order valence-corrected chi connectivity index (χ2v) is 14.7. The monoisotopic (exact) mass is 712 g/mol. The number of ether oxygens (including phenoxy) is 3. The molecular weight excluding hydrogens is 664 g/mol. The van der Waals surface area contributed by atoms with Crippen LogP contribution in [0.5, 0.6) is 0 Å². The number of nitrogens with one attached hydrogen (secondary N) is 3. The largest absolute Gasteiger partial charge is 0.458 e. The van der Waals surface area contributed by atoms with Gasteiger partial charge in [0.2, 0.25) is 5.95 Å². The second kappa shape index (κ2) is 16.2. The van der Waals surface area contributed by atoms with Crippen LogP contribution < -0.4 is 20.9 Å². The smallest absolute Gasteiger partial charge is 0.421 e. The van der Waals surface area contributed by atoms with Crippen LogP contribution in [0.2, 0.25) is 0 Å². The fraction of sp³-hybridized carbons (Fsp3) is 0.410. The predicted molar refractivity (Wildman–Crippen MR) is 198 cm³/mol. The van der Waals surface area contributed by atoms with E-state index in [0.717, 1.165) is 37.2 Å². The van der Waals surface area contributed by atoms with Crippen LogP contribution in [0, 0.1) is 0 Å². The molecule has 2 amide bonds. The van der Waals surface area contributed by atoms with Crippen molar-refractivity contribution in [3.63, 3.8) is 0 Å². The minimum atomic E-state index is -1.17. The van der Waals surface area contributed by atoms with Crippen LogP contribution in [0.1, 0.15) is 70.3 Å². The van der Waals surface area contributed by atoms with Crippen molar-refractivity contribution in [3.8, 4) is 0 Å². The Bertz CT molecular complexity index is 1850. The maximum absolute atomic E-state index is 13.2. The van der Waals surface area contributed by atoms with Gasteiger partial charge in [0.25, 0.3) is 5.91 Å². The molecule has 1 aliphatic rings. The number of hydrogen-bond donors (Lipinski definition) is 3. The lowest BCUT2D eigenvalue weighted by Gasteiger charge is -2.34. The molecule has 1 aromatic heterocycles. The van der Waals surface area contributed by atoms with Gasteiger partial charge in [-0.15, -0.1) is 0 Å². The quantitative estimate of drug-likeness (QED) is 0.127. The van der Waals surface area contributed by atoms with Crippen LogP contribution in [0.3, 0.4) is 0 Å². The third-order valence-corrected chi connectivity index (χ3v) is 8.12. The summed E-state index contributed by atoms with van der Waals surface area (Å²) in [6, 6.07) is 22.8. The normalized spacial score (nSPS) is 14.3. The zero-order valence-corrected chi connectivity index (χ0v) is 30.6. The molecule has 0 spiro atoms. The van der Waals surface area contributed by atoms with Crippen molar-refractivity contribution in [3.05, 3.63) is 90.0 Å². The lowest BCUT2D eigenvalue weighted by Crippen LogP contribution is -2.50. The average Bonchev–Trinajstić information content (AvgIpc) is 3.46. The standard InChI is InChI=1S/C39H48N6O7/c1-38(2,3)51-34(47)31(43-36(48)50-25-26-12-8-7-9-13-26)24-40-33(46)27-16-18-29(19-17-27)44-22-20-28(21-23-44)41-35-42-30-14-10-11-15-32(30)45(35)37(49)52-39(4,5)6/h7-19,28,31H,20-25H2,1-6H3,(H,40,46)(H,41,42)(H,43,48)/t31-/m0/s1. The zero-order chi connectivity index (χ0) is 37.5. The zero-order valence-electron chi connectivity index (χ0n) is 30.6. The van der Waals surface area contributed by atoms with Crippen molar-refractivity contribution in [1.29, 1.82) is 0 Å². The van der Waals surface area contributed by atoms with Crippen LogP contribution in [-0.2, 0) is 25.6 Å². The number of amides is 2. The summed E-state index contributed by atoms with van der Waals surface area (Å²) in [4.78, 5) is 58.7. The van der Waals surface area contributed by atoms with E-state index in [9.17, 15) is 19.2 Å². The lowest BCUT2D eigenvalue weighted by molar-refractivity contribution is -0.157. The average molecular weight is 713 g/mol. The van der Waals surface area contributed by atoms with Gasteiger partial charge in [-0.2, -0.15) is 0 Å². The minimum Gasteiger partial charge on any atom is -0.458 e. The molecule has 0 saturated carbocycles. The number of hydrogen-bond acceptors (Lipinski definition) is 10. The molecule has 0 unspecified atom stereocenters. The van der Waals surface area contributed by atoms with Gasteiger partial charge < -0.3 is 35.1 Å². The first-order valence-electron chi connectivity index (χ1n) is 17.5. The Morgan fingerprint density at radius 3 is 2.12 bits per heavy atom. The molecule has 5 rings (SSSR count). The number of piperidine rings is 1. The van der Waals surface area contributed by atoms with Gasteiger partial charge in [0.15, 0.2) is 0 Å². The first-order chi connectivity index (χ1) is 24.6. The molecule has 3 N–H and O–H groups in total. The highest BCUT2D eigenvalue weighted by Crippen LogP contribution is 2.26. The lowest BCUT2D eigenvalue weighted by atomic mass is 10.0. The topological polar surface area (TPSA) is 153 Å². The van der Waals surface area contributed by atoms with Gasteiger partial charge in [0.05, 0.1) is 11.0 Å². The fourth-order valence-corrected chi connectivity index (χ4v) is 5.67. The summed E-state index contributed by atoms with van der Waals surface area (Å²) in [7, 11) is 0. The number of carbonyl (C=O) groups excluding carboxylic acids is 4. The molecule has 0 bridgehead atoms. The van der Waals surface area contributed by atoms with E-state index < -0.39 is 41.3 Å². The summed E-state index contributed by atoms with van der Waals surface area (Å²) < 4.78 is 17.9. The minimum absolute atomic E-state index is 0.0252. The number of para-hydroxylation sites is 2. The van der Waals surface area contributed by atoms with E-state index in [4.69, 9.17) is 19.2 Å². The highest BCUT2D eigenvalue weighted by molar-refractivity contribution is 5.95. The van der Waals surface area contributed by atoms with E-state index in [1.54, 1.807) is 32.9 Å². The number of benzene rings is 3. The van der Waals surface area contributed by atoms with Gasteiger partial charge in [-0.1, -0.05) is 42.5 Å². The van der Waals surface area contributed by atoms with Crippen LogP contribution in [0.25, 0.3) is 11.0 Å². The number of imidazole rings is 1. The molecule has 1 atom stereocenters. The Balaban J connectivity index is 1.15.